The number of hydrogen-bond acceptors (Lipinski definition) is 3. The van der Waals surface area contributed by atoms with Crippen molar-refractivity contribution in [3.63, 3.8) is 0 Å². The van der Waals surface area contributed by atoms with Gasteiger partial charge in [-0.1, -0.05) is 30.7 Å². The van der Waals surface area contributed by atoms with Crippen molar-refractivity contribution in [1.82, 2.24) is 10.2 Å². The Morgan fingerprint density at radius 2 is 2.00 bits per heavy atom. The van der Waals surface area contributed by atoms with Crippen molar-refractivity contribution in [3.8, 4) is 6.07 Å². The zero-order chi connectivity index (χ0) is 14.0. The number of nitrogens with zero attached hydrogens (tertiary/aromatic N) is 2. The highest BCUT2D eigenvalue weighted by Gasteiger charge is 2.51. The minimum atomic E-state index is -1.10. The first-order chi connectivity index (χ1) is 9.05. The minimum absolute atomic E-state index is 0.250. The lowest BCUT2D eigenvalue weighted by atomic mass is 9.87. The molecule has 5 nitrogen and oxygen atoms in total. The lowest BCUT2D eigenvalue weighted by Crippen LogP contribution is -2.43. The van der Waals surface area contributed by atoms with Crippen molar-refractivity contribution in [1.29, 1.82) is 5.26 Å². The Morgan fingerprint density at radius 1 is 1.37 bits per heavy atom. The number of carbonyl (C=O) groups excluding carboxylic acids is 2. The second kappa shape index (κ2) is 4.90. The van der Waals surface area contributed by atoms with E-state index in [-0.39, 0.29) is 6.54 Å². The highest BCUT2D eigenvalue weighted by molar-refractivity contribution is 6.30. The molecule has 1 fully saturated rings. The maximum absolute atomic E-state index is 12.4. The molecule has 1 aliphatic heterocycles. The van der Waals surface area contributed by atoms with E-state index in [1.165, 1.54) is 0 Å². The van der Waals surface area contributed by atoms with Crippen LogP contribution in [-0.4, -0.2) is 23.4 Å². The molecule has 19 heavy (non-hydrogen) atoms. The van der Waals surface area contributed by atoms with E-state index in [4.69, 9.17) is 16.9 Å². The van der Waals surface area contributed by atoms with Crippen LogP contribution in [0.3, 0.4) is 0 Å². The van der Waals surface area contributed by atoms with Crippen molar-refractivity contribution in [2.24, 2.45) is 0 Å². The number of urea groups is 1. The average Bonchev–Trinajstić information content (AvgIpc) is 2.65. The first kappa shape index (κ1) is 13.4. The number of amides is 3. The summed E-state index contributed by atoms with van der Waals surface area (Å²) in [6.07, 6.45) is 0.404. The quantitative estimate of drug-likeness (QED) is 0.678. The first-order valence-electron chi connectivity index (χ1n) is 5.82. The molecule has 0 saturated carbocycles. The molecule has 3 amide bonds. The standard InChI is InChI=1S/C13H12ClN3O2/c1-2-13(9-3-5-10(14)6-4-9)11(18)17(8-7-15)12(19)16-13/h3-6H,2,8H2,1H3,(H,16,19)/t13-/m0/s1. The number of nitriles is 1. The molecule has 1 aliphatic rings. The maximum atomic E-state index is 12.4. The van der Waals surface area contributed by atoms with E-state index in [0.29, 0.717) is 17.0 Å². The molecule has 6 heteroatoms. The summed E-state index contributed by atoms with van der Waals surface area (Å²) in [6, 6.07) is 8.03. The largest absolute Gasteiger partial charge is 0.326 e. The van der Waals surface area contributed by atoms with Crippen LogP contribution in [0.2, 0.25) is 5.02 Å². The summed E-state index contributed by atoms with van der Waals surface area (Å²) in [5, 5.41) is 11.9. The van der Waals surface area contributed by atoms with Crippen LogP contribution in [0.15, 0.2) is 24.3 Å². The van der Waals surface area contributed by atoms with Crippen LogP contribution in [0.5, 0.6) is 0 Å². The van der Waals surface area contributed by atoms with E-state index < -0.39 is 17.5 Å². The molecule has 1 atom stereocenters. The molecule has 1 aromatic carbocycles. The Labute approximate surface area is 115 Å². The smallest absolute Gasteiger partial charge is 0.319 e. The Morgan fingerprint density at radius 3 is 2.53 bits per heavy atom. The van der Waals surface area contributed by atoms with Gasteiger partial charge in [0.15, 0.2) is 0 Å². The fraction of sp³-hybridized carbons (Fsp3) is 0.308. The predicted octanol–water partition coefficient (Wildman–Crippen LogP) is 2.02. The number of rotatable bonds is 3. The molecular formula is C13H12ClN3O2. The van der Waals surface area contributed by atoms with Crippen LogP contribution in [-0.2, 0) is 10.3 Å². The van der Waals surface area contributed by atoms with Gasteiger partial charge in [0.2, 0.25) is 0 Å². The zero-order valence-corrected chi connectivity index (χ0v) is 11.1. The molecule has 0 unspecified atom stereocenters. The molecule has 2 rings (SSSR count). The lowest BCUT2D eigenvalue weighted by Gasteiger charge is -2.25. The van der Waals surface area contributed by atoms with Crippen LogP contribution < -0.4 is 5.32 Å². The van der Waals surface area contributed by atoms with Gasteiger partial charge in [0.05, 0.1) is 6.07 Å². The molecule has 0 bridgehead atoms. The van der Waals surface area contributed by atoms with Gasteiger partial charge < -0.3 is 5.32 Å². The highest BCUT2D eigenvalue weighted by atomic mass is 35.5. The topological polar surface area (TPSA) is 73.2 Å². The normalized spacial score (nSPS) is 22.3. The van der Waals surface area contributed by atoms with E-state index in [1.807, 2.05) is 13.0 Å². The molecular weight excluding hydrogens is 266 g/mol. The van der Waals surface area contributed by atoms with E-state index in [9.17, 15) is 9.59 Å². The summed E-state index contributed by atoms with van der Waals surface area (Å²) in [7, 11) is 0. The average molecular weight is 278 g/mol. The fourth-order valence-electron chi connectivity index (χ4n) is 2.21. The Hall–Kier alpha value is -2.06. The number of nitrogens with one attached hydrogen (secondary N) is 1. The molecule has 0 radical (unpaired) electrons. The number of halogens is 1. The van der Waals surface area contributed by atoms with Gasteiger partial charge in [0, 0.05) is 5.02 Å². The second-order valence-corrected chi connectivity index (χ2v) is 4.68. The first-order valence-corrected chi connectivity index (χ1v) is 6.20. The van der Waals surface area contributed by atoms with Gasteiger partial charge in [-0.15, -0.1) is 0 Å². The summed E-state index contributed by atoms with van der Waals surface area (Å²) >= 11 is 5.82. The van der Waals surface area contributed by atoms with Gasteiger partial charge in [0.25, 0.3) is 5.91 Å². The fourth-order valence-corrected chi connectivity index (χ4v) is 2.34. The molecule has 1 N–H and O–H groups in total. The van der Waals surface area contributed by atoms with Gasteiger partial charge in [-0.25, -0.2) is 9.69 Å². The third kappa shape index (κ3) is 2.04. The third-order valence-electron chi connectivity index (χ3n) is 3.27. The second-order valence-electron chi connectivity index (χ2n) is 4.25. The summed E-state index contributed by atoms with van der Waals surface area (Å²) in [5.41, 5.74) is -0.434. The third-order valence-corrected chi connectivity index (χ3v) is 3.52. The Bertz CT molecular complexity index is 564. The molecule has 0 spiro atoms. The lowest BCUT2D eigenvalue weighted by molar-refractivity contribution is -0.131. The summed E-state index contributed by atoms with van der Waals surface area (Å²) in [4.78, 5) is 25.1. The van der Waals surface area contributed by atoms with Crippen molar-refractivity contribution < 1.29 is 9.59 Å². The van der Waals surface area contributed by atoms with Crippen LogP contribution in [0.1, 0.15) is 18.9 Å². The minimum Gasteiger partial charge on any atom is -0.319 e. The van der Waals surface area contributed by atoms with Crippen LogP contribution in [0, 0.1) is 11.3 Å². The maximum Gasteiger partial charge on any atom is 0.326 e. The Kier molecular flexibility index (Phi) is 3.45. The van der Waals surface area contributed by atoms with E-state index in [1.54, 1.807) is 24.3 Å². The number of imide groups is 1. The monoisotopic (exact) mass is 277 g/mol. The summed E-state index contributed by atoms with van der Waals surface area (Å²) in [6.45, 7) is 1.56. The number of benzene rings is 1. The number of carbonyl (C=O) groups is 2. The van der Waals surface area contributed by atoms with Crippen molar-refractivity contribution in [2.45, 2.75) is 18.9 Å². The van der Waals surface area contributed by atoms with E-state index in [0.717, 1.165) is 4.90 Å². The number of hydrogen-bond donors (Lipinski definition) is 1. The van der Waals surface area contributed by atoms with Crippen LogP contribution >= 0.6 is 11.6 Å². The molecule has 98 valence electrons. The SMILES string of the molecule is CC[C@@]1(c2ccc(Cl)cc2)NC(=O)N(CC#N)C1=O. The Balaban J connectivity index is 2.45. The van der Waals surface area contributed by atoms with E-state index in [2.05, 4.69) is 5.32 Å². The van der Waals surface area contributed by atoms with Gasteiger partial charge in [0.1, 0.15) is 12.1 Å². The van der Waals surface area contributed by atoms with Gasteiger partial charge in [-0.05, 0) is 24.1 Å². The summed E-state index contributed by atoms with van der Waals surface area (Å²) in [5.74, 6) is -0.399. The molecule has 1 saturated heterocycles. The molecule has 1 aromatic rings. The van der Waals surface area contributed by atoms with Gasteiger partial charge in [-0.2, -0.15) is 5.26 Å². The molecule has 1 heterocycles. The van der Waals surface area contributed by atoms with Crippen molar-refractivity contribution >= 4 is 23.5 Å². The van der Waals surface area contributed by atoms with Crippen molar-refractivity contribution in [2.75, 3.05) is 6.54 Å². The molecule has 0 aromatic heterocycles. The molecule has 0 aliphatic carbocycles. The highest BCUT2D eigenvalue weighted by Crippen LogP contribution is 2.32. The summed E-state index contributed by atoms with van der Waals surface area (Å²) < 4.78 is 0. The van der Waals surface area contributed by atoms with Crippen LogP contribution in [0.25, 0.3) is 0 Å². The predicted molar refractivity (Wildman–Crippen MR) is 69.3 cm³/mol. The van der Waals surface area contributed by atoms with Crippen LogP contribution in [0.4, 0.5) is 4.79 Å². The zero-order valence-electron chi connectivity index (χ0n) is 10.3. The van der Waals surface area contributed by atoms with Crippen molar-refractivity contribution in [3.05, 3.63) is 34.9 Å². The van der Waals surface area contributed by atoms with Gasteiger partial charge in [-0.3, -0.25) is 4.79 Å². The van der Waals surface area contributed by atoms with E-state index >= 15 is 0 Å². The van der Waals surface area contributed by atoms with Gasteiger partial charge >= 0.3 is 6.03 Å².